The van der Waals surface area contributed by atoms with Crippen molar-refractivity contribution < 1.29 is 17.1 Å². The van der Waals surface area contributed by atoms with Crippen molar-refractivity contribution in [2.24, 2.45) is 0 Å². The molecule has 0 aliphatic rings. The zero-order chi connectivity index (χ0) is 19.4. The van der Waals surface area contributed by atoms with Crippen molar-refractivity contribution in [1.82, 2.24) is 0 Å². The molecule has 0 aromatic heterocycles. The lowest BCUT2D eigenvalue weighted by Gasteiger charge is -2.46. The second-order valence-corrected chi connectivity index (χ2v) is 26.2. The van der Waals surface area contributed by atoms with E-state index in [9.17, 15) is 0 Å². The van der Waals surface area contributed by atoms with Crippen molar-refractivity contribution in [3.8, 4) is 0 Å². The first-order chi connectivity index (χ1) is 10.5. The maximum Gasteiger partial charge on any atom is 0.504 e. The van der Waals surface area contributed by atoms with Crippen molar-refractivity contribution in [3.63, 3.8) is 0 Å². The topological polar surface area (TPSA) is 36.9 Å². The van der Waals surface area contributed by atoms with Crippen molar-refractivity contribution >= 4 is 33.8 Å². The summed E-state index contributed by atoms with van der Waals surface area (Å²) in [7, 11) is -8.78. The van der Waals surface area contributed by atoms with Gasteiger partial charge < -0.3 is 17.1 Å². The van der Waals surface area contributed by atoms with Gasteiger partial charge >= 0.3 is 8.80 Å². The molecule has 0 aliphatic carbocycles. The first-order valence-electron chi connectivity index (χ1n) is 8.89. The van der Waals surface area contributed by atoms with Gasteiger partial charge in [-0.3, -0.25) is 0 Å². The summed E-state index contributed by atoms with van der Waals surface area (Å²) in [5, 5.41) is 0. The molecule has 0 saturated carbocycles. The van der Waals surface area contributed by atoms with Gasteiger partial charge in [0.25, 0.3) is 0 Å². The maximum absolute atomic E-state index is 6.71. The lowest BCUT2D eigenvalue weighted by molar-refractivity contribution is 0.0708. The molecule has 1 unspecified atom stereocenters. The minimum absolute atomic E-state index is 0.289. The van der Waals surface area contributed by atoms with Crippen LogP contribution in [-0.2, 0) is 17.1 Å². The second kappa shape index (κ2) is 8.89. The highest BCUT2D eigenvalue weighted by Crippen LogP contribution is 2.32. The Kier molecular flexibility index (Phi) is 9.06. The third kappa shape index (κ3) is 9.81. The van der Waals surface area contributed by atoms with Gasteiger partial charge in [-0.1, -0.05) is 13.5 Å². The summed E-state index contributed by atoms with van der Waals surface area (Å²) in [6.45, 7) is 28.6. The molecular weight excluding hydrogens is 369 g/mol. The predicted octanol–water partition coefficient (Wildman–Crippen LogP) is 5.39. The van der Waals surface area contributed by atoms with Crippen LogP contribution in [0.1, 0.15) is 20.3 Å². The maximum atomic E-state index is 6.71. The molecule has 144 valence electrons. The van der Waals surface area contributed by atoms with Crippen LogP contribution < -0.4 is 0 Å². The molecule has 24 heavy (non-hydrogen) atoms. The van der Waals surface area contributed by atoms with Gasteiger partial charge in [0.05, 0.1) is 0 Å². The minimum Gasteiger partial charge on any atom is -0.415 e. The minimum atomic E-state index is -3.07. The van der Waals surface area contributed by atoms with Crippen molar-refractivity contribution in [2.75, 3.05) is 6.61 Å². The van der Waals surface area contributed by atoms with E-state index in [0.717, 1.165) is 12.0 Å². The highest BCUT2D eigenvalue weighted by atomic mass is 28.5. The lowest BCUT2D eigenvalue weighted by Crippen LogP contribution is -2.67. The first kappa shape index (κ1) is 24.4. The summed E-state index contributed by atoms with van der Waals surface area (Å²) in [5.74, 6) is 0. The average Bonchev–Trinajstić information content (AvgIpc) is 2.20. The third-order valence-electron chi connectivity index (χ3n) is 2.60. The van der Waals surface area contributed by atoms with Crippen molar-refractivity contribution in [2.45, 2.75) is 84.9 Å². The van der Waals surface area contributed by atoms with Crippen LogP contribution in [-0.4, -0.2) is 46.1 Å². The Balaban J connectivity index is 6.14. The fraction of sp³-hybridized carbons (Fsp3) is 0.875. The van der Waals surface area contributed by atoms with Crippen LogP contribution in [0.25, 0.3) is 0 Å². The number of hydrogen-bond acceptors (Lipinski definition) is 4. The molecule has 4 nitrogen and oxygen atoms in total. The molecule has 0 radical (unpaired) electrons. The lowest BCUT2D eigenvalue weighted by atomic mass is 10.4. The van der Waals surface area contributed by atoms with Crippen molar-refractivity contribution in [3.05, 3.63) is 12.2 Å². The van der Waals surface area contributed by atoms with Gasteiger partial charge in [-0.25, -0.2) is 0 Å². The van der Waals surface area contributed by atoms with Crippen LogP contribution in [0.5, 0.6) is 0 Å². The molecule has 0 rings (SSSR count). The van der Waals surface area contributed by atoms with Crippen LogP contribution >= 0.6 is 0 Å². The van der Waals surface area contributed by atoms with E-state index < -0.39 is 33.8 Å². The summed E-state index contributed by atoms with van der Waals surface area (Å²) in [5.41, 5.74) is 0.646. The van der Waals surface area contributed by atoms with Crippen LogP contribution in [0, 0.1) is 0 Å². The van der Waals surface area contributed by atoms with Crippen LogP contribution in [0.15, 0.2) is 12.2 Å². The Hall–Kier alpha value is 0.448. The average molecular weight is 409 g/mol. The predicted molar refractivity (Wildman–Crippen MR) is 114 cm³/mol. The largest absolute Gasteiger partial charge is 0.504 e. The fourth-order valence-corrected chi connectivity index (χ4v) is 16.4. The summed E-state index contributed by atoms with van der Waals surface area (Å²) >= 11 is 0. The van der Waals surface area contributed by atoms with Crippen LogP contribution in [0.4, 0.5) is 0 Å². The Labute approximate surface area is 154 Å². The Morgan fingerprint density at radius 2 is 1.12 bits per heavy atom. The molecule has 0 saturated heterocycles. The molecule has 1 atom stereocenters. The van der Waals surface area contributed by atoms with Crippen LogP contribution in [0.2, 0.25) is 58.9 Å². The Morgan fingerprint density at radius 3 is 1.33 bits per heavy atom. The molecule has 0 N–H and O–H groups in total. The van der Waals surface area contributed by atoms with E-state index in [1.54, 1.807) is 0 Å². The van der Waals surface area contributed by atoms with E-state index in [1.165, 1.54) is 0 Å². The first-order valence-corrected chi connectivity index (χ1v) is 20.9. The van der Waals surface area contributed by atoms with Gasteiger partial charge in [-0.05, 0) is 77.8 Å². The highest BCUT2D eigenvalue weighted by molar-refractivity contribution is 6.90. The molecule has 0 aromatic rings. The zero-order valence-electron chi connectivity index (χ0n) is 17.8. The van der Waals surface area contributed by atoms with Gasteiger partial charge in [0, 0.05) is 6.61 Å². The van der Waals surface area contributed by atoms with E-state index in [-0.39, 0.29) is 5.73 Å². The highest BCUT2D eigenvalue weighted by Gasteiger charge is 2.57. The number of rotatable bonds is 11. The van der Waals surface area contributed by atoms with Gasteiger partial charge in [-0.2, -0.15) is 0 Å². The van der Waals surface area contributed by atoms with Gasteiger partial charge in [0.2, 0.25) is 0 Å². The molecule has 0 amide bonds. The van der Waals surface area contributed by atoms with E-state index in [2.05, 4.69) is 72.4 Å². The molecule has 0 fully saturated rings. The normalized spacial score (nSPS) is 15.5. The molecule has 0 spiro atoms. The quantitative estimate of drug-likeness (QED) is 0.339. The molecular formula is C16H40O4Si4. The van der Waals surface area contributed by atoms with Crippen LogP contribution in [0.3, 0.4) is 0 Å². The molecule has 0 bridgehead atoms. The third-order valence-corrected chi connectivity index (χ3v) is 14.7. The smallest absolute Gasteiger partial charge is 0.415 e. The summed E-state index contributed by atoms with van der Waals surface area (Å²) < 4.78 is 26.4. The Morgan fingerprint density at radius 1 is 0.792 bits per heavy atom. The Bertz CT molecular complexity index is 367. The summed E-state index contributed by atoms with van der Waals surface area (Å²) in [6.07, 6.45) is 0.946. The molecule has 8 heteroatoms. The zero-order valence-corrected chi connectivity index (χ0v) is 21.8. The van der Waals surface area contributed by atoms with Gasteiger partial charge in [-0.15, -0.1) is 0 Å². The van der Waals surface area contributed by atoms with Gasteiger partial charge in [0.15, 0.2) is 25.0 Å². The molecule has 0 aromatic carbocycles. The molecule has 0 aliphatic heterocycles. The SMILES string of the molecule is C=C(C)C(OCCC)[Si](O[Si](C)(C)C)(O[Si](C)(C)C)O[Si](C)(C)C. The van der Waals surface area contributed by atoms with E-state index >= 15 is 0 Å². The standard InChI is InChI=1S/C16H40O4Si4/c1-13-14-17-16(15(2)3)24(18-21(4,5)6,19-22(7,8)9)20-23(10,11)12/h16H,2,13-14H2,1,3-12H3. The number of ether oxygens (including phenoxy) is 1. The summed E-state index contributed by atoms with van der Waals surface area (Å²) in [4.78, 5) is 0. The number of hydrogen-bond donors (Lipinski definition) is 0. The fourth-order valence-electron chi connectivity index (χ4n) is 2.29. The van der Waals surface area contributed by atoms with E-state index in [4.69, 9.17) is 17.1 Å². The van der Waals surface area contributed by atoms with Crippen molar-refractivity contribution in [1.29, 1.82) is 0 Å². The van der Waals surface area contributed by atoms with Gasteiger partial charge in [0.1, 0.15) is 5.73 Å². The van der Waals surface area contributed by atoms with E-state index in [0.29, 0.717) is 6.61 Å². The second-order valence-electron chi connectivity index (χ2n) is 9.34. The monoisotopic (exact) mass is 408 g/mol. The summed E-state index contributed by atoms with van der Waals surface area (Å²) in [6, 6.07) is 0. The molecule has 0 heterocycles. The van der Waals surface area contributed by atoms with E-state index in [1.807, 2.05) is 6.92 Å².